The molecule has 0 radical (unpaired) electrons. The second-order valence-corrected chi connectivity index (χ2v) is 2.56. The van der Waals surface area contributed by atoms with Crippen LogP contribution in [0.2, 0.25) is 0 Å². The van der Waals surface area contributed by atoms with Gasteiger partial charge in [0, 0.05) is 12.0 Å². The highest BCUT2D eigenvalue weighted by Crippen LogP contribution is 2.25. The second-order valence-electron chi connectivity index (χ2n) is 2.56. The van der Waals surface area contributed by atoms with Crippen molar-refractivity contribution in [1.29, 1.82) is 0 Å². The first kappa shape index (κ1) is 6.55. The smallest absolute Gasteiger partial charge is 0.220 e. The zero-order valence-corrected chi connectivity index (χ0v) is 5.55. The highest BCUT2D eigenvalue weighted by Gasteiger charge is 2.31. The van der Waals surface area contributed by atoms with Crippen LogP contribution < -0.4 is 11.1 Å². The standard InChI is InChI=1S/C6H12N2O/c1-8-5-2-4(3-5)6(7)9/h4-5,8H,2-3H2,1H3,(H2,7,9). The van der Waals surface area contributed by atoms with E-state index in [1.807, 2.05) is 7.05 Å². The maximum atomic E-state index is 10.4. The van der Waals surface area contributed by atoms with Crippen LogP contribution in [0.3, 0.4) is 0 Å². The fourth-order valence-electron chi connectivity index (χ4n) is 1.09. The second kappa shape index (κ2) is 2.35. The molecule has 52 valence electrons. The first-order valence-corrected chi connectivity index (χ1v) is 3.20. The highest BCUT2D eigenvalue weighted by atomic mass is 16.1. The Hall–Kier alpha value is -0.570. The molecule has 3 N–H and O–H groups in total. The fourth-order valence-corrected chi connectivity index (χ4v) is 1.09. The van der Waals surface area contributed by atoms with Gasteiger partial charge in [-0.1, -0.05) is 0 Å². The van der Waals surface area contributed by atoms with Crippen LogP contribution in [-0.4, -0.2) is 19.0 Å². The molecule has 0 aromatic heterocycles. The van der Waals surface area contributed by atoms with E-state index >= 15 is 0 Å². The summed E-state index contributed by atoms with van der Waals surface area (Å²) >= 11 is 0. The van der Waals surface area contributed by atoms with Gasteiger partial charge in [-0.3, -0.25) is 4.79 Å². The normalized spacial score (nSPS) is 33.4. The minimum absolute atomic E-state index is 0.141. The predicted molar refractivity (Wildman–Crippen MR) is 34.8 cm³/mol. The Kier molecular flexibility index (Phi) is 1.71. The average Bonchev–Trinajstić information content (AvgIpc) is 1.61. The molecule has 0 heterocycles. The van der Waals surface area contributed by atoms with Crippen molar-refractivity contribution in [3.05, 3.63) is 0 Å². The van der Waals surface area contributed by atoms with Crippen LogP contribution in [0.5, 0.6) is 0 Å². The van der Waals surface area contributed by atoms with E-state index in [4.69, 9.17) is 5.73 Å². The minimum atomic E-state index is -0.151. The fraction of sp³-hybridized carbons (Fsp3) is 0.833. The van der Waals surface area contributed by atoms with Crippen molar-refractivity contribution in [1.82, 2.24) is 5.32 Å². The maximum absolute atomic E-state index is 10.4. The zero-order chi connectivity index (χ0) is 6.85. The summed E-state index contributed by atoms with van der Waals surface area (Å²) in [5, 5.41) is 3.08. The van der Waals surface area contributed by atoms with E-state index < -0.39 is 0 Å². The van der Waals surface area contributed by atoms with Crippen molar-refractivity contribution in [3.63, 3.8) is 0 Å². The van der Waals surface area contributed by atoms with Gasteiger partial charge in [0.25, 0.3) is 0 Å². The molecule has 1 saturated carbocycles. The number of hydrogen-bond donors (Lipinski definition) is 2. The summed E-state index contributed by atoms with van der Waals surface area (Å²) in [6, 6.07) is 0.530. The van der Waals surface area contributed by atoms with E-state index in [-0.39, 0.29) is 11.8 Å². The molecular weight excluding hydrogens is 116 g/mol. The molecule has 0 aliphatic heterocycles. The van der Waals surface area contributed by atoms with Crippen LogP contribution in [0.25, 0.3) is 0 Å². The van der Waals surface area contributed by atoms with Gasteiger partial charge < -0.3 is 11.1 Å². The number of carbonyl (C=O) groups excluding carboxylic acids is 1. The monoisotopic (exact) mass is 128 g/mol. The Labute approximate surface area is 54.6 Å². The van der Waals surface area contributed by atoms with Crippen molar-refractivity contribution in [2.45, 2.75) is 18.9 Å². The molecule has 3 heteroatoms. The summed E-state index contributed by atoms with van der Waals surface area (Å²) < 4.78 is 0. The van der Waals surface area contributed by atoms with Crippen LogP contribution in [0.4, 0.5) is 0 Å². The topological polar surface area (TPSA) is 55.1 Å². The van der Waals surface area contributed by atoms with Crippen molar-refractivity contribution in [2.24, 2.45) is 11.7 Å². The molecule has 0 aromatic rings. The van der Waals surface area contributed by atoms with E-state index in [0.29, 0.717) is 6.04 Å². The molecule has 1 fully saturated rings. The van der Waals surface area contributed by atoms with Crippen molar-refractivity contribution in [2.75, 3.05) is 7.05 Å². The van der Waals surface area contributed by atoms with Gasteiger partial charge in [-0.15, -0.1) is 0 Å². The summed E-state index contributed by atoms with van der Waals surface area (Å²) in [6.45, 7) is 0. The van der Waals surface area contributed by atoms with Gasteiger partial charge in [0.1, 0.15) is 0 Å². The van der Waals surface area contributed by atoms with Gasteiger partial charge in [-0.2, -0.15) is 0 Å². The van der Waals surface area contributed by atoms with Gasteiger partial charge in [0.2, 0.25) is 5.91 Å². The van der Waals surface area contributed by atoms with Crippen LogP contribution in [0, 0.1) is 5.92 Å². The summed E-state index contributed by atoms with van der Waals surface area (Å²) in [4.78, 5) is 10.4. The minimum Gasteiger partial charge on any atom is -0.369 e. The third kappa shape index (κ3) is 1.21. The lowest BCUT2D eigenvalue weighted by atomic mass is 9.80. The molecule has 1 aliphatic carbocycles. The summed E-state index contributed by atoms with van der Waals surface area (Å²) in [5.41, 5.74) is 5.05. The molecule has 3 nitrogen and oxygen atoms in total. The van der Waals surface area contributed by atoms with Gasteiger partial charge in [-0.25, -0.2) is 0 Å². The molecule has 9 heavy (non-hydrogen) atoms. The molecule has 0 atom stereocenters. The highest BCUT2D eigenvalue weighted by molar-refractivity contribution is 5.77. The summed E-state index contributed by atoms with van der Waals surface area (Å²) in [6.07, 6.45) is 1.84. The van der Waals surface area contributed by atoms with Gasteiger partial charge in [-0.05, 0) is 19.9 Å². The molecule has 0 bridgehead atoms. The van der Waals surface area contributed by atoms with Crippen LogP contribution in [0.15, 0.2) is 0 Å². The van der Waals surface area contributed by atoms with Crippen molar-refractivity contribution < 1.29 is 4.79 Å². The third-order valence-corrected chi connectivity index (χ3v) is 1.95. The first-order valence-electron chi connectivity index (χ1n) is 3.20. The van der Waals surface area contributed by atoms with E-state index in [0.717, 1.165) is 12.8 Å². The Morgan fingerprint density at radius 3 is 2.56 bits per heavy atom. The molecule has 1 rings (SSSR count). The molecular formula is C6H12N2O. The number of nitrogens with one attached hydrogen (secondary N) is 1. The Balaban J connectivity index is 2.19. The van der Waals surface area contributed by atoms with Crippen LogP contribution in [-0.2, 0) is 4.79 Å². The summed E-state index contributed by atoms with van der Waals surface area (Å²) in [5.74, 6) is -0.0102. The quantitative estimate of drug-likeness (QED) is 0.525. The third-order valence-electron chi connectivity index (χ3n) is 1.95. The lowest BCUT2D eigenvalue weighted by molar-refractivity contribution is -0.124. The van der Waals surface area contributed by atoms with E-state index in [2.05, 4.69) is 5.32 Å². The van der Waals surface area contributed by atoms with Gasteiger partial charge >= 0.3 is 0 Å². The zero-order valence-electron chi connectivity index (χ0n) is 5.55. The SMILES string of the molecule is CNC1CC(C(N)=O)C1. The van der Waals surface area contributed by atoms with Gasteiger partial charge in [0.15, 0.2) is 0 Å². The van der Waals surface area contributed by atoms with Crippen LogP contribution in [0.1, 0.15) is 12.8 Å². The number of amides is 1. The number of carbonyl (C=O) groups is 1. The molecule has 1 aliphatic rings. The largest absolute Gasteiger partial charge is 0.369 e. The number of hydrogen-bond acceptors (Lipinski definition) is 2. The lowest BCUT2D eigenvalue weighted by Gasteiger charge is -2.32. The van der Waals surface area contributed by atoms with Crippen molar-refractivity contribution in [3.8, 4) is 0 Å². The molecule has 0 aromatic carbocycles. The molecule has 0 saturated heterocycles. The maximum Gasteiger partial charge on any atom is 0.220 e. The molecule has 1 amide bonds. The first-order chi connectivity index (χ1) is 4.24. The van der Waals surface area contributed by atoms with Crippen molar-refractivity contribution >= 4 is 5.91 Å². The Bertz CT molecular complexity index is 118. The predicted octanol–water partition coefficient (Wildman–Crippen LogP) is -0.530. The lowest BCUT2D eigenvalue weighted by Crippen LogP contribution is -2.44. The van der Waals surface area contributed by atoms with Crippen LogP contribution >= 0.6 is 0 Å². The van der Waals surface area contributed by atoms with Gasteiger partial charge in [0.05, 0.1) is 0 Å². The number of primary amides is 1. The van der Waals surface area contributed by atoms with E-state index in [9.17, 15) is 4.79 Å². The Morgan fingerprint density at radius 1 is 1.67 bits per heavy atom. The Morgan fingerprint density at radius 2 is 2.22 bits per heavy atom. The molecule has 0 spiro atoms. The number of rotatable bonds is 2. The summed E-state index contributed by atoms with van der Waals surface area (Å²) in [7, 11) is 1.90. The molecule has 0 unspecified atom stereocenters. The number of nitrogens with two attached hydrogens (primary N) is 1. The van der Waals surface area contributed by atoms with E-state index in [1.165, 1.54) is 0 Å². The average molecular weight is 128 g/mol. The van der Waals surface area contributed by atoms with E-state index in [1.54, 1.807) is 0 Å².